The molecule has 0 radical (unpaired) electrons. The molecule has 1 aromatic carbocycles. The van der Waals surface area contributed by atoms with E-state index in [1.165, 1.54) is 12.1 Å². The lowest BCUT2D eigenvalue weighted by Crippen LogP contribution is -2.56. The number of ether oxygens (including phenoxy) is 1. The third-order valence-electron chi connectivity index (χ3n) is 6.24. The van der Waals surface area contributed by atoms with Gasteiger partial charge in [-0.3, -0.25) is 4.79 Å². The highest BCUT2D eigenvalue weighted by atomic mass is 19.1. The number of carbonyl (C=O) groups is 2. The van der Waals surface area contributed by atoms with Crippen molar-refractivity contribution in [2.24, 2.45) is 0 Å². The van der Waals surface area contributed by atoms with Gasteiger partial charge in [-0.15, -0.1) is 0 Å². The van der Waals surface area contributed by atoms with E-state index in [9.17, 15) is 14.0 Å². The molecule has 7 nitrogen and oxygen atoms in total. The Balaban J connectivity index is 1.73. The van der Waals surface area contributed by atoms with Crippen molar-refractivity contribution in [1.29, 1.82) is 0 Å². The van der Waals surface area contributed by atoms with Crippen LogP contribution in [0.4, 0.5) is 9.18 Å². The smallest absolute Gasteiger partial charge is 0.444 e. The highest BCUT2D eigenvalue weighted by molar-refractivity contribution is 6.62. The summed E-state index contributed by atoms with van der Waals surface area (Å²) in [5, 5.41) is 0. The van der Waals surface area contributed by atoms with Crippen LogP contribution in [-0.4, -0.2) is 71.4 Å². The summed E-state index contributed by atoms with van der Waals surface area (Å²) in [4.78, 5) is 28.9. The van der Waals surface area contributed by atoms with E-state index in [-0.39, 0.29) is 17.5 Å². The number of carbonyl (C=O) groups excluding carboxylic acids is 2. The van der Waals surface area contributed by atoms with Crippen molar-refractivity contribution in [3.63, 3.8) is 0 Å². The van der Waals surface area contributed by atoms with E-state index >= 15 is 0 Å². The molecule has 1 atom stereocenters. The summed E-state index contributed by atoms with van der Waals surface area (Å²) in [7, 11) is -0.759. The maximum absolute atomic E-state index is 14.4. The van der Waals surface area contributed by atoms with Crippen molar-refractivity contribution in [1.82, 2.24) is 9.80 Å². The average Bonchev–Trinajstić information content (AvgIpc) is 2.86. The third kappa shape index (κ3) is 5.09. The summed E-state index contributed by atoms with van der Waals surface area (Å²) >= 11 is 0. The molecule has 2 saturated heterocycles. The number of hydrogen-bond acceptors (Lipinski definition) is 5. The van der Waals surface area contributed by atoms with Crippen molar-refractivity contribution < 1.29 is 28.0 Å². The van der Waals surface area contributed by atoms with Crippen molar-refractivity contribution in [3.8, 4) is 0 Å². The number of piperazine rings is 1. The lowest BCUT2D eigenvalue weighted by molar-refractivity contribution is 0.00198. The van der Waals surface area contributed by atoms with Crippen LogP contribution in [0.5, 0.6) is 0 Å². The molecular weight excluding hydrogens is 414 g/mol. The lowest BCUT2D eigenvalue weighted by atomic mass is 9.78. The van der Waals surface area contributed by atoms with E-state index in [0.717, 1.165) is 0 Å². The summed E-state index contributed by atoms with van der Waals surface area (Å²) in [5.74, 6) is -0.820. The van der Waals surface area contributed by atoms with E-state index in [0.29, 0.717) is 25.1 Å². The molecule has 0 spiro atoms. The summed E-state index contributed by atoms with van der Waals surface area (Å²) in [6, 6.07) is 3.96. The van der Waals surface area contributed by atoms with Crippen LogP contribution in [0.1, 0.15) is 65.7 Å². The lowest BCUT2D eigenvalue weighted by Gasteiger charge is -2.40. The second kappa shape index (κ2) is 8.34. The Morgan fingerprint density at radius 3 is 2.22 bits per heavy atom. The molecule has 0 aliphatic carbocycles. The van der Waals surface area contributed by atoms with Crippen molar-refractivity contribution >= 4 is 24.6 Å². The first-order valence-electron chi connectivity index (χ1n) is 11.0. The number of hydrogen-bond donors (Lipinski definition) is 0. The van der Waals surface area contributed by atoms with Crippen LogP contribution in [-0.2, 0) is 14.0 Å². The van der Waals surface area contributed by atoms with Gasteiger partial charge in [0.2, 0.25) is 0 Å². The Morgan fingerprint density at radius 1 is 1.09 bits per heavy atom. The Bertz CT molecular complexity index is 883. The van der Waals surface area contributed by atoms with Crippen LogP contribution >= 0.6 is 0 Å². The molecule has 1 aromatic rings. The minimum Gasteiger partial charge on any atom is -0.444 e. The summed E-state index contributed by atoms with van der Waals surface area (Å²) < 4.78 is 31.9. The normalized spacial score (nSPS) is 22.8. The van der Waals surface area contributed by atoms with Gasteiger partial charge < -0.3 is 23.8 Å². The number of rotatable bonds is 2. The van der Waals surface area contributed by atoms with Crippen LogP contribution in [0.2, 0.25) is 0 Å². The van der Waals surface area contributed by atoms with E-state index in [1.54, 1.807) is 15.9 Å². The molecule has 1 unspecified atom stereocenters. The molecule has 0 aromatic heterocycles. The molecule has 0 saturated carbocycles. The zero-order valence-corrected chi connectivity index (χ0v) is 20.3. The standard InChI is InChI=1S/C23H34BFN2O5/c1-15-14-26(9-10-27(15)20(29)30-21(2,3)4)19(28)16-11-17(13-18(25)12-16)24-31-22(5,6)23(7,8)32-24/h11-13,15H,9-10,14H2,1-8H3. The Kier molecular flexibility index (Phi) is 6.39. The molecule has 176 valence electrons. The SMILES string of the molecule is CC1CN(C(=O)c2cc(F)cc(B3OC(C)(C)C(C)(C)O3)c2)CCN1C(=O)OC(C)(C)C. The van der Waals surface area contributed by atoms with Crippen molar-refractivity contribution in [3.05, 3.63) is 29.6 Å². The Labute approximate surface area is 190 Å². The first-order chi connectivity index (χ1) is 14.6. The van der Waals surface area contributed by atoms with Crippen LogP contribution in [0, 0.1) is 5.82 Å². The topological polar surface area (TPSA) is 68.3 Å². The number of benzene rings is 1. The Morgan fingerprint density at radius 2 is 1.69 bits per heavy atom. The van der Waals surface area contributed by atoms with Crippen molar-refractivity contribution in [2.45, 2.75) is 78.2 Å². The van der Waals surface area contributed by atoms with Crippen molar-refractivity contribution in [2.75, 3.05) is 19.6 Å². The number of nitrogens with zero attached hydrogens (tertiary/aromatic N) is 2. The summed E-state index contributed by atoms with van der Waals surface area (Å²) in [6.45, 7) is 16.0. The van der Waals surface area contributed by atoms with Gasteiger partial charge in [0, 0.05) is 31.2 Å². The van der Waals surface area contributed by atoms with Crippen LogP contribution in [0.15, 0.2) is 18.2 Å². The zero-order valence-electron chi connectivity index (χ0n) is 20.3. The first kappa shape index (κ1) is 24.5. The predicted molar refractivity (Wildman–Crippen MR) is 120 cm³/mol. The highest BCUT2D eigenvalue weighted by Crippen LogP contribution is 2.36. The van der Waals surface area contributed by atoms with Gasteiger partial charge in [0.1, 0.15) is 11.4 Å². The number of halogens is 1. The van der Waals surface area contributed by atoms with Gasteiger partial charge in [0.25, 0.3) is 5.91 Å². The van der Waals surface area contributed by atoms with Crippen LogP contribution < -0.4 is 5.46 Å². The molecule has 32 heavy (non-hydrogen) atoms. The fourth-order valence-electron chi connectivity index (χ4n) is 3.77. The molecule has 0 bridgehead atoms. The van der Waals surface area contributed by atoms with Gasteiger partial charge in [0.15, 0.2) is 0 Å². The van der Waals surface area contributed by atoms with Gasteiger partial charge in [0.05, 0.1) is 11.2 Å². The molecular formula is C23H34BFN2O5. The quantitative estimate of drug-likeness (QED) is 0.651. The average molecular weight is 448 g/mol. The van der Waals surface area contributed by atoms with Gasteiger partial charge in [-0.2, -0.15) is 0 Å². The Hall–Kier alpha value is -2.13. The largest absolute Gasteiger partial charge is 0.494 e. The first-order valence-corrected chi connectivity index (χ1v) is 11.0. The van der Waals surface area contributed by atoms with Crippen LogP contribution in [0.3, 0.4) is 0 Å². The predicted octanol–water partition coefficient (Wildman–Crippen LogP) is 3.21. The maximum Gasteiger partial charge on any atom is 0.494 e. The highest BCUT2D eigenvalue weighted by Gasteiger charge is 2.52. The molecule has 0 N–H and O–H groups in total. The van der Waals surface area contributed by atoms with E-state index in [4.69, 9.17) is 14.0 Å². The fourth-order valence-corrected chi connectivity index (χ4v) is 3.77. The minimum absolute atomic E-state index is 0.223. The van der Waals surface area contributed by atoms with Crippen LogP contribution in [0.25, 0.3) is 0 Å². The molecule has 2 aliphatic rings. The molecule has 2 aliphatic heterocycles. The number of amides is 2. The third-order valence-corrected chi connectivity index (χ3v) is 6.24. The second-order valence-electron chi connectivity index (χ2n) is 10.6. The maximum atomic E-state index is 14.4. The zero-order chi connectivity index (χ0) is 24.1. The van der Waals surface area contributed by atoms with Gasteiger partial charge in [-0.1, -0.05) is 0 Å². The molecule has 9 heteroatoms. The molecule has 2 heterocycles. The van der Waals surface area contributed by atoms with E-state index < -0.39 is 35.8 Å². The van der Waals surface area contributed by atoms with Gasteiger partial charge in [-0.05, 0) is 79.1 Å². The molecule has 3 rings (SSSR count). The second-order valence-corrected chi connectivity index (χ2v) is 10.6. The van der Waals surface area contributed by atoms with Gasteiger partial charge in [-0.25, -0.2) is 9.18 Å². The summed E-state index contributed by atoms with van der Waals surface area (Å²) in [6.07, 6.45) is -0.397. The molecule has 2 amide bonds. The summed E-state index contributed by atoms with van der Waals surface area (Å²) in [5.41, 5.74) is -1.03. The van der Waals surface area contributed by atoms with E-state index in [1.807, 2.05) is 55.4 Å². The minimum atomic E-state index is -0.759. The molecule has 2 fully saturated rings. The fraction of sp³-hybridized carbons (Fsp3) is 0.652. The monoisotopic (exact) mass is 448 g/mol. The van der Waals surface area contributed by atoms with E-state index in [2.05, 4.69) is 0 Å². The van der Waals surface area contributed by atoms with Gasteiger partial charge >= 0.3 is 13.2 Å².